The number of carbonyl (C=O) groups is 5. The fourth-order valence-corrected chi connectivity index (χ4v) is 5.85. The SMILES string of the molecule is C[C@H](NC(=O)N[C@@H](Cc1c[nH]c2ccccc12)C(=O)O)C(=O)N[C@H](C(=O)NC[C@H]1C[C@@H](O)[C@H](n2cc(Cl)c(=O)[nH]c2=O)O1)[C@H](C)N(C)C(=O)[C@@H](C)N. The first-order valence-corrected chi connectivity index (χ1v) is 16.7. The number of fused-ring (bicyclic) bond motifs is 1. The number of nitrogens with one attached hydrogen (secondary N) is 6. The van der Waals surface area contributed by atoms with E-state index in [1.807, 2.05) is 23.2 Å². The van der Waals surface area contributed by atoms with E-state index >= 15 is 0 Å². The first kappa shape index (κ1) is 39.5. The molecule has 3 aromatic rings. The van der Waals surface area contributed by atoms with Gasteiger partial charge < -0.3 is 51.8 Å². The van der Waals surface area contributed by atoms with Crippen molar-refractivity contribution in [2.24, 2.45) is 5.73 Å². The molecule has 1 aliphatic rings. The maximum Gasteiger partial charge on any atom is 0.330 e. The molecule has 1 saturated heterocycles. The van der Waals surface area contributed by atoms with Crippen LogP contribution in [0, 0.1) is 0 Å². The predicted octanol–water partition coefficient (Wildman–Crippen LogP) is -1.50. The lowest BCUT2D eigenvalue weighted by molar-refractivity contribution is -0.139. The smallest absolute Gasteiger partial charge is 0.330 e. The molecule has 19 nitrogen and oxygen atoms in total. The number of carboxylic acid groups (broad SMARTS) is 1. The Bertz CT molecular complexity index is 1930. The van der Waals surface area contributed by atoms with E-state index in [1.165, 1.54) is 32.7 Å². The van der Waals surface area contributed by atoms with Crippen LogP contribution < -0.4 is 38.2 Å². The monoisotopic (exact) mass is 747 g/mol. The molecule has 0 spiro atoms. The molecule has 52 heavy (non-hydrogen) atoms. The Morgan fingerprint density at radius 3 is 2.46 bits per heavy atom. The normalized spacial score (nSPS) is 19.9. The summed E-state index contributed by atoms with van der Waals surface area (Å²) < 4.78 is 6.68. The molecule has 0 saturated carbocycles. The molecule has 3 heterocycles. The number of aliphatic hydroxyl groups is 1. The fraction of sp³-hybridized carbons (Fsp3) is 0.469. The van der Waals surface area contributed by atoms with Crippen LogP contribution in [0.25, 0.3) is 10.9 Å². The second-order valence-corrected chi connectivity index (χ2v) is 13.0. The standard InChI is InChI=1S/C32H42ClN9O10/c1-14(34)28(47)41(4)16(3)24(27(46)36-12-18-10-23(43)29(52-18)42-13-20(33)26(45)40-32(42)51)39-25(44)15(2)37-31(50)38-22(30(48)49)9-17-11-35-21-8-6-5-7-19(17)21/h5-8,11,13-16,18,22-24,29,35,43H,9-10,12,34H2,1-4H3,(H,36,46)(H,39,44)(H,48,49)(H2,37,38,50)(H,40,45,51)/t14-,15+,16+,18-,22+,23-,24+,29-/m1/s1. The number of aromatic amines is 2. The van der Waals surface area contributed by atoms with Crippen molar-refractivity contribution in [3.63, 3.8) is 0 Å². The van der Waals surface area contributed by atoms with E-state index in [0.29, 0.717) is 5.56 Å². The molecule has 20 heteroatoms. The number of aliphatic hydroxyl groups excluding tert-OH is 1. The highest BCUT2D eigenvalue weighted by Crippen LogP contribution is 2.27. The third kappa shape index (κ3) is 9.35. The number of ether oxygens (including phenoxy) is 1. The molecule has 1 aliphatic heterocycles. The van der Waals surface area contributed by atoms with Gasteiger partial charge in [-0.1, -0.05) is 29.8 Å². The maximum atomic E-state index is 13.6. The third-order valence-corrected chi connectivity index (χ3v) is 8.99. The number of H-pyrrole nitrogens is 2. The summed E-state index contributed by atoms with van der Waals surface area (Å²) in [5.74, 6) is -3.44. The van der Waals surface area contributed by atoms with Gasteiger partial charge in [-0.05, 0) is 32.4 Å². The number of halogens is 1. The number of hydrogen-bond donors (Lipinski definition) is 9. The second-order valence-electron chi connectivity index (χ2n) is 12.6. The summed E-state index contributed by atoms with van der Waals surface area (Å²) in [6.45, 7) is 4.06. The van der Waals surface area contributed by atoms with Gasteiger partial charge in [0.2, 0.25) is 17.7 Å². The summed E-state index contributed by atoms with van der Waals surface area (Å²) in [4.78, 5) is 94.6. The van der Waals surface area contributed by atoms with E-state index in [2.05, 4.69) is 26.3 Å². The Morgan fingerprint density at radius 1 is 1.10 bits per heavy atom. The van der Waals surface area contributed by atoms with Crippen molar-refractivity contribution in [1.82, 2.24) is 40.7 Å². The van der Waals surface area contributed by atoms with Gasteiger partial charge in [-0.2, -0.15) is 0 Å². The van der Waals surface area contributed by atoms with Gasteiger partial charge in [-0.15, -0.1) is 0 Å². The number of nitrogens with two attached hydrogens (primary N) is 1. The van der Waals surface area contributed by atoms with E-state index in [-0.39, 0.29) is 24.4 Å². The molecule has 8 atom stereocenters. The van der Waals surface area contributed by atoms with Crippen LogP contribution in [-0.2, 0) is 30.3 Å². The lowest BCUT2D eigenvalue weighted by atomic mass is 10.1. The van der Waals surface area contributed by atoms with Crippen LogP contribution >= 0.6 is 11.6 Å². The van der Waals surface area contributed by atoms with Gasteiger partial charge in [0.25, 0.3) is 5.56 Å². The molecule has 0 bridgehead atoms. The zero-order valence-corrected chi connectivity index (χ0v) is 29.5. The summed E-state index contributed by atoms with van der Waals surface area (Å²) in [6.07, 6.45) is -0.674. The van der Waals surface area contributed by atoms with Crippen molar-refractivity contribution >= 4 is 52.2 Å². The largest absolute Gasteiger partial charge is 0.480 e. The van der Waals surface area contributed by atoms with Crippen molar-refractivity contribution in [2.75, 3.05) is 13.6 Å². The minimum Gasteiger partial charge on any atom is -0.480 e. The zero-order chi connectivity index (χ0) is 38.4. The van der Waals surface area contributed by atoms with Crippen molar-refractivity contribution in [3.05, 3.63) is 68.1 Å². The van der Waals surface area contributed by atoms with Crippen LogP contribution in [0.1, 0.15) is 39.0 Å². The summed E-state index contributed by atoms with van der Waals surface area (Å²) in [6, 6.07) is 0.374. The van der Waals surface area contributed by atoms with E-state index in [4.69, 9.17) is 22.1 Å². The van der Waals surface area contributed by atoms with E-state index in [9.17, 15) is 43.8 Å². The molecule has 10 N–H and O–H groups in total. The van der Waals surface area contributed by atoms with Gasteiger partial charge in [0.1, 0.15) is 29.3 Å². The zero-order valence-electron chi connectivity index (χ0n) is 28.7. The Hall–Kier alpha value is -5.24. The number of aliphatic carboxylic acids is 1. The molecule has 1 aromatic carbocycles. The van der Waals surface area contributed by atoms with Crippen molar-refractivity contribution < 1.29 is 38.9 Å². The summed E-state index contributed by atoms with van der Waals surface area (Å²) in [5.41, 5.74) is 5.53. The highest BCUT2D eigenvalue weighted by Gasteiger charge is 2.38. The first-order chi connectivity index (χ1) is 24.5. The number of aromatic nitrogens is 3. The Kier molecular flexibility index (Phi) is 12.8. The minimum atomic E-state index is -1.40. The Labute approximate surface area is 301 Å². The molecule has 4 rings (SSSR count). The minimum absolute atomic E-state index is 0.0303. The highest BCUT2D eigenvalue weighted by molar-refractivity contribution is 6.30. The van der Waals surface area contributed by atoms with Crippen LogP contribution in [0.3, 0.4) is 0 Å². The van der Waals surface area contributed by atoms with Gasteiger partial charge in [-0.3, -0.25) is 28.7 Å². The predicted molar refractivity (Wildman–Crippen MR) is 186 cm³/mol. The Balaban J connectivity index is 1.41. The lowest BCUT2D eigenvalue weighted by Gasteiger charge is -2.33. The number of rotatable bonds is 14. The summed E-state index contributed by atoms with van der Waals surface area (Å²) in [7, 11) is 1.39. The van der Waals surface area contributed by atoms with E-state index < -0.39 is 89.6 Å². The number of carboxylic acids is 1. The topological polar surface area (TPSA) is 283 Å². The molecule has 0 unspecified atom stereocenters. The van der Waals surface area contributed by atoms with Gasteiger partial charge in [0.15, 0.2) is 6.23 Å². The number of hydrogen-bond acceptors (Lipinski definition) is 10. The molecule has 282 valence electrons. The molecule has 0 aliphatic carbocycles. The number of urea groups is 1. The van der Waals surface area contributed by atoms with Gasteiger partial charge in [0, 0.05) is 49.7 Å². The van der Waals surface area contributed by atoms with Gasteiger partial charge in [0.05, 0.1) is 18.2 Å². The van der Waals surface area contributed by atoms with Crippen LogP contribution in [0.15, 0.2) is 46.2 Å². The van der Waals surface area contributed by atoms with Crippen molar-refractivity contribution in [2.45, 2.75) is 82.3 Å². The lowest BCUT2D eigenvalue weighted by Crippen LogP contribution is -2.62. The molecule has 0 radical (unpaired) electrons. The maximum absolute atomic E-state index is 13.6. The average molecular weight is 748 g/mol. The van der Waals surface area contributed by atoms with Crippen LogP contribution in [0.4, 0.5) is 4.79 Å². The number of benzene rings is 1. The number of nitrogens with zero attached hydrogens (tertiary/aromatic N) is 2. The fourth-order valence-electron chi connectivity index (χ4n) is 5.70. The number of amides is 5. The summed E-state index contributed by atoms with van der Waals surface area (Å²) in [5, 5.41) is 30.7. The van der Waals surface area contributed by atoms with Crippen LogP contribution in [0.2, 0.25) is 5.02 Å². The quantitative estimate of drug-likeness (QED) is 0.0915. The van der Waals surface area contributed by atoms with Crippen molar-refractivity contribution in [1.29, 1.82) is 0 Å². The molecular formula is C32H42ClN9O10. The first-order valence-electron chi connectivity index (χ1n) is 16.3. The van der Waals surface area contributed by atoms with Crippen LogP contribution in [0.5, 0.6) is 0 Å². The number of likely N-dealkylation sites (N-methyl/N-ethyl adjacent to an activating group) is 1. The van der Waals surface area contributed by atoms with E-state index in [0.717, 1.165) is 21.7 Å². The molecule has 2 aromatic heterocycles. The van der Waals surface area contributed by atoms with Crippen molar-refractivity contribution in [3.8, 4) is 0 Å². The Morgan fingerprint density at radius 2 is 1.79 bits per heavy atom. The third-order valence-electron chi connectivity index (χ3n) is 8.72. The highest BCUT2D eigenvalue weighted by atomic mass is 35.5. The van der Waals surface area contributed by atoms with Gasteiger partial charge >= 0.3 is 17.7 Å². The second kappa shape index (κ2) is 16.9. The van der Waals surface area contributed by atoms with Gasteiger partial charge in [-0.25, -0.2) is 14.4 Å². The number of carbonyl (C=O) groups excluding carboxylic acids is 4. The number of para-hydroxylation sites is 1. The van der Waals surface area contributed by atoms with Crippen LogP contribution in [-0.4, -0.2) is 115 Å². The molecule has 1 fully saturated rings. The van der Waals surface area contributed by atoms with E-state index in [1.54, 1.807) is 12.3 Å². The molecule has 5 amide bonds. The molecular weight excluding hydrogens is 706 g/mol. The average Bonchev–Trinajstić information content (AvgIpc) is 3.68. The summed E-state index contributed by atoms with van der Waals surface area (Å²) >= 11 is 5.83.